The molecule has 7 heteroatoms. The molecule has 0 spiro atoms. The van der Waals surface area contributed by atoms with E-state index in [0.717, 1.165) is 6.07 Å². The van der Waals surface area contributed by atoms with Crippen LogP contribution < -0.4 is 0 Å². The van der Waals surface area contributed by atoms with Gasteiger partial charge in [-0.05, 0) is 25.3 Å². The molecule has 1 N–H and O–H groups in total. The maximum Gasteiger partial charge on any atom is 0.419 e. The molecule has 0 unspecified atom stereocenters. The van der Waals surface area contributed by atoms with Gasteiger partial charge in [0.15, 0.2) is 0 Å². The van der Waals surface area contributed by atoms with Crippen LogP contribution in [0.5, 0.6) is 0 Å². The molecule has 22 heavy (non-hydrogen) atoms. The van der Waals surface area contributed by atoms with Crippen molar-refractivity contribution >= 4 is 0 Å². The largest absolute Gasteiger partial charge is 0.419 e. The second-order valence-corrected chi connectivity index (χ2v) is 5.58. The van der Waals surface area contributed by atoms with Gasteiger partial charge in [0, 0.05) is 25.2 Å². The summed E-state index contributed by atoms with van der Waals surface area (Å²) in [5.74, 6) is -1.41. The number of aliphatic hydroxyl groups is 1. The van der Waals surface area contributed by atoms with E-state index in [2.05, 4.69) is 0 Å². The van der Waals surface area contributed by atoms with Gasteiger partial charge in [-0.25, -0.2) is 4.39 Å². The fourth-order valence-corrected chi connectivity index (χ4v) is 2.81. The zero-order valence-corrected chi connectivity index (χ0v) is 12.0. The van der Waals surface area contributed by atoms with Crippen molar-refractivity contribution in [1.29, 1.82) is 0 Å². The van der Waals surface area contributed by atoms with Gasteiger partial charge in [-0.3, -0.25) is 4.39 Å². The van der Waals surface area contributed by atoms with Gasteiger partial charge in [0.25, 0.3) is 0 Å². The van der Waals surface area contributed by atoms with Gasteiger partial charge in [0.05, 0.1) is 17.8 Å². The number of benzene rings is 1. The van der Waals surface area contributed by atoms with E-state index >= 15 is 0 Å². The van der Waals surface area contributed by atoms with Crippen molar-refractivity contribution in [3.63, 3.8) is 0 Å². The van der Waals surface area contributed by atoms with Crippen molar-refractivity contribution in [1.82, 2.24) is 4.90 Å². The van der Waals surface area contributed by atoms with Gasteiger partial charge in [-0.2, -0.15) is 13.2 Å². The van der Waals surface area contributed by atoms with Crippen LogP contribution in [-0.2, 0) is 11.8 Å². The topological polar surface area (TPSA) is 23.5 Å². The number of nitrogens with zero attached hydrogens (tertiary/aromatic N) is 1. The molecule has 0 saturated carbocycles. The minimum atomic E-state index is -4.79. The third-order valence-corrected chi connectivity index (χ3v) is 4.10. The van der Waals surface area contributed by atoms with Crippen LogP contribution in [0.25, 0.3) is 0 Å². The van der Waals surface area contributed by atoms with E-state index in [9.17, 15) is 27.1 Å². The standard InChI is InChI=1S/C15H18F5NO/c16-7-2-8-21-9-5-14(22,6-10-21)11-3-1-4-12(13(11)17)15(18,19)20/h1,3-4,22H,2,5-10H2. The molecule has 1 saturated heterocycles. The summed E-state index contributed by atoms with van der Waals surface area (Å²) in [6.45, 7) is 0.874. The Labute approximate surface area is 125 Å². The molecule has 1 aromatic carbocycles. The van der Waals surface area contributed by atoms with Crippen molar-refractivity contribution in [3.05, 3.63) is 35.1 Å². The minimum absolute atomic E-state index is 0.123. The van der Waals surface area contributed by atoms with E-state index in [4.69, 9.17) is 0 Å². The minimum Gasteiger partial charge on any atom is -0.385 e. The van der Waals surface area contributed by atoms with Crippen LogP contribution in [0.1, 0.15) is 30.4 Å². The quantitative estimate of drug-likeness (QED) is 0.858. The lowest BCUT2D eigenvalue weighted by molar-refractivity contribution is -0.140. The van der Waals surface area contributed by atoms with Crippen LogP contribution in [0.15, 0.2) is 18.2 Å². The van der Waals surface area contributed by atoms with Gasteiger partial charge >= 0.3 is 6.18 Å². The van der Waals surface area contributed by atoms with Crippen LogP contribution in [0.2, 0.25) is 0 Å². The molecule has 124 valence electrons. The summed E-state index contributed by atoms with van der Waals surface area (Å²) < 4.78 is 64.6. The second kappa shape index (κ2) is 6.50. The summed E-state index contributed by atoms with van der Waals surface area (Å²) in [7, 11) is 0. The van der Waals surface area contributed by atoms with Crippen molar-refractivity contribution in [2.45, 2.75) is 31.0 Å². The molecule has 2 nitrogen and oxygen atoms in total. The Morgan fingerprint density at radius 3 is 2.36 bits per heavy atom. The number of hydrogen-bond acceptors (Lipinski definition) is 2. The highest BCUT2D eigenvalue weighted by Crippen LogP contribution is 2.39. The number of rotatable bonds is 4. The molecule has 2 rings (SSSR count). The normalized spacial score (nSPS) is 19.4. The third-order valence-electron chi connectivity index (χ3n) is 4.10. The first kappa shape index (κ1) is 17.1. The lowest BCUT2D eigenvalue weighted by Crippen LogP contribution is -2.43. The SMILES string of the molecule is OC1(c2cccc(C(F)(F)F)c2F)CCN(CCCF)CC1. The predicted molar refractivity (Wildman–Crippen MR) is 71.6 cm³/mol. The van der Waals surface area contributed by atoms with Crippen LogP contribution in [-0.4, -0.2) is 36.3 Å². The molecular formula is C15H18F5NO. The van der Waals surface area contributed by atoms with Gasteiger partial charge in [0.2, 0.25) is 0 Å². The highest BCUT2D eigenvalue weighted by atomic mass is 19.4. The summed E-state index contributed by atoms with van der Waals surface area (Å²) in [4.78, 5) is 1.92. The summed E-state index contributed by atoms with van der Waals surface area (Å²) in [6.07, 6.45) is -4.18. The predicted octanol–water partition coefficient (Wildman–Crippen LogP) is 3.49. The fourth-order valence-electron chi connectivity index (χ4n) is 2.81. The Kier molecular flexibility index (Phi) is 5.07. The molecule has 0 aliphatic carbocycles. The average Bonchev–Trinajstić information content (AvgIpc) is 2.45. The van der Waals surface area contributed by atoms with Crippen molar-refractivity contribution < 1.29 is 27.1 Å². The summed E-state index contributed by atoms with van der Waals surface area (Å²) in [6, 6.07) is 2.97. The molecule has 1 heterocycles. The smallest absolute Gasteiger partial charge is 0.385 e. The van der Waals surface area contributed by atoms with E-state index in [1.807, 2.05) is 4.90 Å². The molecule has 0 radical (unpaired) electrons. The van der Waals surface area contributed by atoms with E-state index < -0.39 is 29.8 Å². The maximum atomic E-state index is 14.2. The maximum absolute atomic E-state index is 14.2. The molecule has 1 aromatic rings. The van der Waals surface area contributed by atoms with Crippen molar-refractivity contribution in [2.75, 3.05) is 26.3 Å². The third kappa shape index (κ3) is 3.57. The number of likely N-dealkylation sites (tertiary alicyclic amines) is 1. The molecule has 0 atom stereocenters. The second-order valence-electron chi connectivity index (χ2n) is 5.58. The molecule has 1 aliphatic heterocycles. The summed E-state index contributed by atoms with van der Waals surface area (Å²) >= 11 is 0. The number of hydrogen-bond donors (Lipinski definition) is 1. The van der Waals surface area contributed by atoms with Crippen LogP contribution >= 0.6 is 0 Å². The molecular weight excluding hydrogens is 305 g/mol. The molecule has 1 fully saturated rings. The first-order valence-electron chi connectivity index (χ1n) is 7.15. The first-order chi connectivity index (χ1) is 10.3. The van der Waals surface area contributed by atoms with Crippen molar-refractivity contribution in [2.24, 2.45) is 0 Å². The number of halogens is 5. The Morgan fingerprint density at radius 1 is 1.18 bits per heavy atom. The lowest BCUT2D eigenvalue weighted by atomic mass is 9.83. The average molecular weight is 323 g/mol. The number of alkyl halides is 4. The van der Waals surface area contributed by atoms with E-state index in [1.54, 1.807) is 0 Å². The Hall–Kier alpha value is -1.21. The zero-order valence-electron chi connectivity index (χ0n) is 12.0. The lowest BCUT2D eigenvalue weighted by Gasteiger charge is -2.38. The fraction of sp³-hybridized carbons (Fsp3) is 0.600. The van der Waals surface area contributed by atoms with Crippen LogP contribution in [0.3, 0.4) is 0 Å². The Morgan fingerprint density at radius 2 is 1.82 bits per heavy atom. The zero-order chi connectivity index (χ0) is 16.4. The molecule has 0 amide bonds. The van der Waals surface area contributed by atoms with E-state index in [-0.39, 0.29) is 18.4 Å². The first-order valence-corrected chi connectivity index (χ1v) is 7.15. The van der Waals surface area contributed by atoms with Gasteiger partial charge < -0.3 is 10.0 Å². The van der Waals surface area contributed by atoms with Crippen molar-refractivity contribution in [3.8, 4) is 0 Å². The number of piperidine rings is 1. The Bertz CT molecular complexity index is 509. The van der Waals surface area contributed by atoms with Gasteiger partial charge in [0.1, 0.15) is 5.82 Å². The van der Waals surface area contributed by atoms with E-state index in [0.29, 0.717) is 32.1 Å². The molecule has 0 aromatic heterocycles. The van der Waals surface area contributed by atoms with Gasteiger partial charge in [-0.15, -0.1) is 0 Å². The van der Waals surface area contributed by atoms with E-state index in [1.165, 1.54) is 6.07 Å². The van der Waals surface area contributed by atoms with Crippen LogP contribution in [0, 0.1) is 5.82 Å². The molecule has 0 bridgehead atoms. The summed E-state index contributed by atoms with van der Waals surface area (Å²) in [5, 5.41) is 10.5. The Balaban J connectivity index is 2.19. The highest BCUT2D eigenvalue weighted by molar-refractivity contribution is 5.32. The van der Waals surface area contributed by atoms with Crippen LogP contribution in [0.4, 0.5) is 22.0 Å². The van der Waals surface area contributed by atoms with Gasteiger partial charge in [-0.1, -0.05) is 12.1 Å². The monoisotopic (exact) mass is 323 g/mol. The summed E-state index contributed by atoms with van der Waals surface area (Å²) in [5.41, 5.74) is -3.29. The molecule has 1 aliphatic rings. The highest BCUT2D eigenvalue weighted by Gasteiger charge is 2.41.